The zero-order chi connectivity index (χ0) is 16.8. The fraction of sp³-hybridized carbons (Fsp3) is 0.250. The molecule has 1 unspecified atom stereocenters. The fourth-order valence-electron chi connectivity index (χ4n) is 1.96. The molecular weight excluding hydrogens is 320 g/mol. The van der Waals surface area contributed by atoms with Crippen molar-refractivity contribution >= 4 is 29.1 Å². The van der Waals surface area contributed by atoms with Crippen molar-refractivity contribution in [1.29, 1.82) is 0 Å². The third kappa shape index (κ3) is 4.34. The van der Waals surface area contributed by atoms with Crippen LogP contribution in [0.25, 0.3) is 0 Å². The largest absolute Gasteiger partial charge is 0.467 e. The van der Waals surface area contributed by atoms with Crippen LogP contribution in [-0.4, -0.2) is 25.5 Å². The lowest BCUT2D eigenvalue weighted by Crippen LogP contribution is -2.38. The van der Waals surface area contributed by atoms with E-state index in [0.717, 1.165) is 0 Å². The number of furan rings is 1. The van der Waals surface area contributed by atoms with Crippen LogP contribution < -0.4 is 10.6 Å². The van der Waals surface area contributed by atoms with Gasteiger partial charge in [0.05, 0.1) is 12.8 Å². The Labute approximate surface area is 138 Å². The number of carbonyl (C=O) groups excluding carboxylic acids is 2. The van der Waals surface area contributed by atoms with E-state index in [1.807, 2.05) is 0 Å². The number of methoxy groups -OCH3 is 1. The van der Waals surface area contributed by atoms with Gasteiger partial charge in [0.25, 0.3) is 0 Å². The van der Waals surface area contributed by atoms with Crippen molar-refractivity contribution < 1.29 is 18.7 Å². The molecule has 6 nitrogen and oxygen atoms in total. The zero-order valence-corrected chi connectivity index (χ0v) is 13.5. The first-order valence-corrected chi connectivity index (χ1v) is 7.31. The molecule has 0 aliphatic carbocycles. The highest BCUT2D eigenvalue weighted by molar-refractivity contribution is 6.40. The van der Waals surface area contributed by atoms with Gasteiger partial charge in [-0.3, -0.25) is 9.59 Å². The Bertz CT molecular complexity index is 685. The van der Waals surface area contributed by atoms with Crippen molar-refractivity contribution in [2.45, 2.75) is 13.0 Å². The number of benzene rings is 1. The summed E-state index contributed by atoms with van der Waals surface area (Å²) >= 11 is 5.98. The van der Waals surface area contributed by atoms with E-state index in [1.165, 1.54) is 13.4 Å². The molecule has 23 heavy (non-hydrogen) atoms. The smallest absolute Gasteiger partial charge is 0.313 e. The van der Waals surface area contributed by atoms with Gasteiger partial charge in [-0.15, -0.1) is 0 Å². The second-order valence-corrected chi connectivity index (χ2v) is 5.22. The van der Waals surface area contributed by atoms with Crippen LogP contribution in [0.4, 0.5) is 5.69 Å². The second kappa shape index (κ2) is 7.80. The maximum Gasteiger partial charge on any atom is 0.313 e. The van der Waals surface area contributed by atoms with Crippen LogP contribution in [0.3, 0.4) is 0 Å². The molecule has 0 aliphatic rings. The average Bonchev–Trinajstić information content (AvgIpc) is 3.06. The number of carbonyl (C=O) groups is 2. The number of ether oxygens (including phenoxy) is 1. The van der Waals surface area contributed by atoms with E-state index in [9.17, 15) is 9.59 Å². The summed E-state index contributed by atoms with van der Waals surface area (Å²) in [6.45, 7) is 1.87. The van der Waals surface area contributed by atoms with Gasteiger partial charge in [-0.05, 0) is 36.8 Å². The highest BCUT2D eigenvalue weighted by Crippen LogP contribution is 2.22. The Morgan fingerprint density at radius 1 is 1.26 bits per heavy atom. The normalized spacial score (nSPS) is 11.8. The molecule has 0 saturated heterocycles. The van der Waals surface area contributed by atoms with E-state index in [2.05, 4.69) is 10.6 Å². The van der Waals surface area contributed by atoms with Crippen molar-refractivity contribution in [2.75, 3.05) is 19.0 Å². The van der Waals surface area contributed by atoms with Crippen molar-refractivity contribution in [3.63, 3.8) is 0 Å². The molecule has 0 radical (unpaired) electrons. The number of rotatable bonds is 5. The molecular formula is C16H17ClN2O4. The number of nitrogens with one attached hydrogen (secondary N) is 2. The highest BCUT2D eigenvalue weighted by atomic mass is 35.5. The summed E-state index contributed by atoms with van der Waals surface area (Å²) in [6, 6.07) is 8.53. The number of anilines is 1. The molecule has 0 aliphatic heterocycles. The minimum absolute atomic E-state index is 0.116. The van der Waals surface area contributed by atoms with Gasteiger partial charge in [-0.25, -0.2) is 0 Å². The Morgan fingerprint density at radius 2 is 2.04 bits per heavy atom. The van der Waals surface area contributed by atoms with Gasteiger partial charge in [0.1, 0.15) is 11.9 Å². The summed E-state index contributed by atoms with van der Waals surface area (Å²) in [5.41, 5.74) is 1.19. The molecule has 0 bridgehead atoms. The molecule has 2 amide bonds. The van der Waals surface area contributed by atoms with Crippen LogP contribution >= 0.6 is 11.6 Å². The van der Waals surface area contributed by atoms with E-state index in [0.29, 0.717) is 22.0 Å². The predicted molar refractivity (Wildman–Crippen MR) is 86.3 cm³/mol. The lowest BCUT2D eigenvalue weighted by atomic mass is 10.2. The van der Waals surface area contributed by atoms with E-state index >= 15 is 0 Å². The molecule has 1 aromatic heterocycles. The van der Waals surface area contributed by atoms with Gasteiger partial charge in [-0.1, -0.05) is 17.7 Å². The molecule has 0 fully saturated rings. The van der Waals surface area contributed by atoms with Gasteiger partial charge < -0.3 is 19.8 Å². The van der Waals surface area contributed by atoms with Crippen molar-refractivity contribution in [3.8, 4) is 0 Å². The maximum atomic E-state index is 11.9. The Kier molecular flexibility index (Phi) is 5.78. The second-order valence-electron chi connectivity index (χ2n) is 4.82. The lowest BCUT2D eigenvalue weighted by molar-refractivity contribution is -0.136. The average molecular weight is 337 g/mol. The Hall–Kier alpha value is -2.31. The standard InChI is InChI=1S/C16H17ClN2O4/c1-10-11(17)5-3-6-12(10)19-16(21)15(20)18-9-14(22-2)13-7-4-8-23-13/h3-8,14H,9H2,1-2H3,(H,18,20)(H,19,21). The predicted octanol–water partition coefficient (Wildman–Crippen LogP) is 2.68. The van der Waals surface area contributed by atoms with Gasteiger partial charge in [-0.2, -0.15) is 0 Å². The molecule has 1 atom stereocenters. The summed E-state index contributed by atoms with van der Waals surface area (Å²) in [6.07, 6.45) is 1.05. The molecule has 7 heteroatoms. The van der Waals surface area contributed by atoms with E-state index < -0.39 is 17.9 Å². The highest BCUT2D eigenvalue weighted by Gasteiger charge is 2.19. The summed E-state index contributed by atoms with van der Waals surface area (Å²) < 4.78 is 10.4. The number of hydrogen-bond donors (Lipinski definition) is 2. The lowest BCUT2D eigenvalue weighted by Gasteiger charge is -2.14. The topological polar surface area (TPSA) is 80.6 Å². The van der Waals surface area contributed by atoms with Crippen molar-refractivity contribution in [3.05, 3.63) is 52.9 Å². The van der Waals surface area contributed by atoms with Crippen molar-refractivity contribution in [2.24, 2.45) is 0 Å². The quantitative estimate of drug-likeness (QED) is 0.823. The summed E-state index contributed by atoms with van der Waals surface area (Å²) in [5.74, 6) is -0.971. The van der Waals surface area contributed by atoms with Crippen molar-refractivity contribution in [1.82, 2.24) is 5.32 Å². The van der Waals surface area contributed by atoms with Crippen LogP contribution in [0.1, 0.15) is 17.4 Å². The molecule has 1 heterocycles. The SMILES string of the molecule is COC(CNC(=O)C(=O)Nc1cccc(Cl)c1C)c1ccco1. The fourth-order valence-corrected chi connectivity index (χ4v) is 2.14. The first kappa shape index (κ1) is 17.1. The first-order chi connectivity index (χ1) is 11.0. The molecule has 2 rings (SSSR count). The third-order valence-electron chi connectivity index (χ3n) is 3.32. The third-order valence-corrected chi connectivity index (χ3v) is 3.72. The monoisotopic (exact) mass is 336 g/mol. The Balaban J connectivity index is 1.92. The van der Waals surface area contributed by atoms with Crippen LogP contribution in [0.2, 0.25) is 5.02 Å². The molecule has 0 saturated carbocycles. The van der Waals surface area contributed by atoms with Crippen LogP contribution in [0, 0.1) is 6.92 Å². The minimum Gasteiger partial charge on any atom is -0.467 e. The van der Waals surface area contributed by atoms with Gasteiger partial charge in [0.2, 0.25) is 0 Å². The first-order valence-electron chi connectivity index (χ1n) is 6.93. The molecule has 1 aromatic carbocycles. The Morgan fingerprint density at radius 3 is 2.70 bits per heavy atom. The van der Waals surface area contributed by atoms with Crippen LogP contribution in [0.15, 0.2) is 41.0 Å². The number of halogens is 1. The maximum absolute atomic E-state index is 11.9. The van der Waals surface area contributed by atoms with Gasteiger partial charge >= 0.3 is 11.8 Å². The summed E-state index contributed by atoms with van der Waals surface area (Å²) in [4.78, 5) is 23.8. The minimum atomic E-state index is -0.773. The van der Waals surface area contributed by atoms with Crippen LogP contribution in [0.5, 0.6) is 0 Å². The number of hydrogen-bond acceptors (Lipinski definition) is 4. The summed E-state index contributed by atoms with van der Waals surface area (Å²) in [7, 11) is 1.49. The van der Waals surface area contributed by atoms with Gasteiger partial charge in [0.15, 0.2) is 0 Å². The summed E-state index contributed by atoms with van der Waals surface area (Å²) in [5, 5.41) is 5.55. The molecule has 2 aromatic rings. The van der Waals surface area contributed by atoms with Gasteiger partial charge in [0, 0.05) is 17.8 Å². The molecule has 0 spiro atoms. The van der Waals surface area contributed by atoms with Crippen LogP contribution in [-0.2, 0) is 14.3 Å². The van der Waals surface area contributed by atoms with E-state index in [1.54, 1.807) is 37.3 Å². The molecule has 122 valence electrons. The number of amides is 2. The van der Waals surface area contributed by atoms with E-state index in [4.69, 9.17) is 20.8 Å². The zero-order valence-electron chi connectivity index (χ0n) is 12.8. The molecule has 2 N–H and O–H groups in total. The van der Waals surface area contributed by atoms with E-state index in [-0.39, 0.29) is 6.54 Å².